The molecule has 2 N–H and O–H groups in total. The van der Waals surface area contributed by atoms with Gasteiger partial charge in [0.25, 0.3) is 0 Å². The van der Waals surface area contributed by atoms with Gasteiger partial charge >= 0.3 is 0 Å². The fourth-order valence-electron chi connectivity index (χ4n) is 4.62. The Balaban J connectivity index is 1.75. The standard InChI is InChI=1S/C26H22FN5O2/c1-14-21(15(2)34-32-14)17-13-18-24(31-25(30-18)16-9-10-16)22(23(17)27)26(33,19-7-3-5-11-28-19)20-8-4-6-12-29-20/h3-8,11-13,16,33H,9-10H2,1-2H3,(H,30,31). The predicted molar refractivity (Wildman–Crippen MR) is 124 cm³/mol. The first-order valence-electron chi connectivity index (χ1n) is 11.2. The molecular weight excluding hydrogens is 433 g/mol. The third kappa shape index (κ3) is 3.06. The van der Waals surface area contributed by atoms with Gasteiger partial charge in [0, 0.05) is 23.9 Å². The summed E-state index contributed by atoms with van der Waals surface area (Å²) < 4.78 is 22.0. The molecule has 0 saturated heterocycles. The number of H-pyrrole nitrogens is 1. The molecule has 0 unspecified atom stereocenters. The van der Waals surface area contributed by atoms with Gasteiger partial charge in [-0.3, -0.25) is 9.97 Å². The van der Waals surface area contributed by atoms with Crippen LogP contribution in [0, 0.1) is 19.7 Å². The number of aromatic nitrogens is 5. The second-order valence-corrected chi connectivity index (χ2v) is 8.75. The number of pyridine rings is 2. The lowest BCUT2D eigenvalue weighted by Crippen LogP contribution is -2.33. The Labute approximate surface area is 194 Å². The molecule has 1 aromatic carbocycles. The Hall–Kier alpha value is -3.91. The number of fused-ring (bicyclic) bond motifs is 1. The summed E-state index contributed by atoms with van der Waals surface area (Å²) in [5.74, 6) is 0.969. The van der Waals surface area contributed by atoms with Gasteiger partial charge in [-0.15, -0.1) is 0 Å². The third-order valence-corrected chi connectivity index (χ3v) is 6.43. The minimum Gasteiger partial charge on any atom is -0.373 e. The van der Waals surface area contributed by atoms with E-state index in [1.807, 2.05) is 0 Å². The fraction of sp³-hybridized carbons (Fsp3) is 0.231. The fourth-order valence-corrected chi connectivity index (χ4v) is 4.62. The van der Waals surface area contributed by atoms with Crippen LogP contribution in [0.25, 0.3) is 22.2 Å². The lowest BCUT2D eigenvalue weighted by atomic mass is 9.83. The summed E-state index contributed by atoms with van der Waals surface area (Å²) in [6.45, 7) is 3.51. The third-order valence-electron chi connectivity index (χ3n) is 6.43. The minimum atomic E-state index is -1.99. The van der Waals surface area contributed by atoms with E-state index < -0.39 is 11.4 Å². The lowest BCUT2D eigenvalue weighted by Gasteiger charge is -2.29. The molecule has 1 aliphatic carbocycles. The van der Waals surface area contributed by atoms with E-state index in [-0.39, 0.29) is 22.5 Å². The van der Waals surface area contributed by atoms with Gasteiger partial charge in [-0.1, -0.05) is 17.3 Å². The first-order chi connectivity index (χ1) is 16.5. The van der Waals surface area contributed by atoms with Crippen molar-refractivity contribution in [2.45, 2.75) is 38.2 Å². The number of benzene rings is 1. The van der Waals surface area contributed by atoms with Gasteiger partial charge < -0.3 is 14.6 Å². The topological polar surface area (TPSA) is 101 Å². The molecule has 8 heteroatoms. The summed E-state index contributed by atoms with van der Waals surface area (Å²) in [4.78, 5) is 16.9. The second-order valence-electron chi connectivity index (χ2n) is 8.75. The molecule has 6 rings (SSSR count). The van der Waals surface area contributed by atoms with Crippen LogP contribution in [0.4, 0.5) is 4.39 Å². The van der Waals surface area contributed by atoms with Crippen LogP contribution in [0.2, 0.25) is 0 Å². The highest BCUT2D eigenvalue weighted by atomic mass is 19.1. The number of nitrogens with zero attached hydrogens (tertiary/aromatic N) is 4. The van der Waals surface area contributed by atoms with Gasteiger partial charge in [-0.25, -0.2) is 9.37 Å². The van der Waals surface area contributed by atoms with Gasteiger partial charge in [0.2, 0.25) is 0 Å². The summed E-state index contributed by atoms with van der Waals surface area (Å²) in [6, 6.07) is 12.0. The van der Waals surface area contributed by atoms with Crippen molar-refractivity contribution in [1.29, 1.82) is 0 Å². The first kappa shape index (κ1) is 20.7. The van der Waals surface area contributed by atoms with Crippen molar-refractivity contribution < 1.29 is 14.0 Å². The average Bonchev–Trinajstić information content (AvgIpc) is 3.55. The maximum Gasteiger partial charge on any atom is 0.179 e. The molecular formula is C26H22FN5O2. The van der Waals surface area contributed by atoms with Crippen molar-refractivity contribution in [3.05, 3.63) is 94.9 Å². The Morgan fingerprint density at radius 2 is 1.74 bits per heavy atom. The van der Waals surface area contributed by atoms with E-state index in [4.69, 9.17) is 9.51 Å². The molecule has 0 radical (unpaired) electrons. The van der Waals surface area contributed by atoms with Gasteiger partial charge in [-0.2, -0.15) is 0 Å². The molecule has 0 bridgehead atoms. The van der Waals surface area contributed by atoms with E-state index in [0.717, 1.165) is 18.7 Å². The van der Waals surface area contributed by atoms with E-state index in [1.54, 1.807) is 68.7 Å². The Kier molecular flexibility index (Phi) is 4.60. The molecule has 1 aliphatic rings. The molecule has 4 aromatic heterocycles. The number of hydrogen-bond donors (Lipinski definition) is 2. The Morgan fingerprint density at radius 3 is 2.26 bits per heavy atom. The van der Waals surface area contributed by atoms with Crippen LogP contribution in [-0.4, -0.2) is 30.2 Å². The Bertz CT molecular complexity index is 1450. The van der Waals surface area contributed by atoms with Crippen LogP contribution in [0.3, 0.4) is 0 Å². The Morgan fingerprint density at radius 1 is 1.06 bits per heavy atom. The zero-order chi connectivity index (χ0) is 23.4. The zero-order valence-electron chi connectivity index (χ0n) is 18.7. The smallest absolute Gasteiger partial charge is 0.179 e. The molecule has 7 nitrogen and oxygen atoms in total. The molecule has 1 fully saturated rings. The number of imidazole rings is 1. The average molecular weight is 455 g/mol. The maximum atomic E-state index is 16.7. The van der Waals surface area contributed by atoms with E-state index in [1.165, 1.54) is 0 Å². The highest BCUT2D eigenvalue weighted by molar-refractivity contribution is 5.88. The van der Waals surface area contributed by atoms with Crippen molar-refractivity contribution in [1.82, 2.24) is 25.1 Å². The lowest BCUT2D eigenvalue weighted by molar-refractivity contribution is 0.113. The van der Waals surface area contributed by atoms with E-state index >= 15 is 4.39 Å². The van der Waals surface area contributed by atoms with Crippen molar-refractivity contribution in [2.75, 3.05) is 0 Å². The molecule has 0 atom stereocenters. The largest absolute Gasteiger partial charge is 0.373 e. The maximum absolute atomic E-state index is 16.7. The normalized spacial score (nSPS) is 14.1. The van der Waals surface area contributed by atoms with Crippen LogP contribution < -0.4 is 0 Å². The quantitative estimate of drug-likeness (QED) is 0.390. The zero-order valence-corrected chi connectivity index (χ0v) is 18.7. The summed E-state index contributed by atoms with van der Waals surface area (Å²) >= 11 is 0. The minimum absolute atomic E-state index is 0.000509. The monoisotopic (exact) mass is 455 g/mol. The van der Waals surface area contributed by atoms with Crippen LogP contribution in [0.15, 0.2) is 59.4 Å². The number of nitrogens with one attached hydrogen (secondary N) is 1. The van der Waals surface area contributed by atoms with Crippen LogP contribution in [0.1, 0.15) is 53.0 Å². The van der Waals surface area contributed by atoms with Crippen molar-refractivity contribution in [3.8, 4) is 11.1 Å². The van der Waals surface area contributed by atoms with E-state index in [2.05, 4.69) is 20.1 Å². The molecule has 5 aromatic rings. The van der Waals surface area contributed by atoms with Crippen LogP contribution in [0.5, 0.6) is 0 Å². The first-order valence-corrected chi connectivity index (χ1v) is 11.2. The van der Waals surface area contributed by atoms with Gasteiger partial charge in [0.15, 0.2) is 5.60 Å². The number of aromatic amines is 1. The SMILES string of the molecule is Cc1noc(C)c1-c1cc2[nH]c(C3CC3)nc2c(C(O)(c2ccccn2)c2ccccn2)c1F. The predicted octanol–water partition coefficient (Wildman–Crippen LogP) is 4.93. The van der Waals surface area contributed by atoms with Gasteiger partial charge in [0.1, 0.15) is 17.4 Å². The molecule has 170 valence electrons. The summed E-state index contributed by atoms with van der Waals surface area (Å²) in [7, 11) is 0. The number of aliphatic hydroxyl groups is 1. The van der Waals surface area contributed by atoms with Gasteiger partial charge in [-0.05, 0) is 57.0 Å². The van der Waals surface area contributed by atoms with Crippen molar-refractivity contribution in [2.24, 2.45) is 0 Å². The summed E-state index contributed by atoms with van der Waals surface area (Å²) in [6.07, 6.45) is 5.19. The van der Waals surface area contributed by atoms with Crippen LogP contribution in [-0.2, 0) is 5.60 Å². The molecule has 34 heavy (non-hydrogen) atoms. The van der Waals surface area contributed by atoms with Crippen molar-refractivity contribution >= 4 is 11.0 Å². The van der Waals surface area contributed by atoms with Crippen LogP contribution >= 0.6 is 0 Å². The number of rotatable bonds is 5. The number of halogens is 1. The molecule has 1 saturated carbocycles. The van der Waals surface area contributed by atoms with Crippen molar-refractivity contribution in [3.63, 3.8) is 0 Å². The van der Waals surface area contributed by atoms with E-state index in [0.29, 0.717) is 34.0 Å². The summed E-state index contributed by atoms with van der Waals surface area (Å²) in [5, 5.41) is 16.4. The molecule has 0 amide bonds. The number of aryl methyl sites for hydroxylation is 2. The highest BCUT2D eigenvalue weighted by Gasteiger charge is 2.43. The molecule has 0 spiro atoms. The van der Waals surface area contributed by atoms with Gasteiger partial charge in [0.05, 0.1) is 39.2 Å². The molecule has 0 aliphatic heterocycles. The second kappa shape index (κ2) is 7.56. The van der Waals surface area contributed by atoms with E-state index in [9.17, 15) is 5.11 Å². The summed E-state index contributed by atoms with van der Waals surface area (Å²) in [5.41, 5.74) is 0.871. The highest BCUT2D eigenvalue weighted by Crippen LogP contribution is 2.45. The number of hydrogen-bond acceptors (Lipinski definition) is 6. The molecule has 4 heterocycles.